The third kappa shape index (κ3) is 3.88. The van der Waals surface area contributed by atoms with E-state index >= 15 is 0 Å². The quantitative estimate of drug-likeness (QED) is 0.821. The highest BCUT2D eigenvalue weighted by Crippen LogP contribution is 2.48. The molecule has 0 unspecified atom stereocenters. The number of hydrogen-bond donors (Lipinski definition) is 2. The van der Waals surface area contributed by atoms with Crippen molar-refractivity contribution in [2.45, 2.75) is 83.9 Å². The van der Waals surface area contributed by atoms with Gasteiger partial charge in [0.15, 0.2) is 5.69 Å². The van der Waals surface area contributed by atoms with Crippen molar-refractivity contribution in [3.8, 4) is 0 Å². The first-order chi connectivity index (χ1) is 12.9. The number of likely N-dealkylation sites (tertiary alicyclic amines) is 1. The van der Waals surface area contributed by atoms with Gasteiger partial charge in [0.2, 0.25) is 5.91 Å². The Morgan fingerprint density at radius 2 is 2.15 bits per heavy atom. The minimum atomic E-state index is -0.417. The van der Waals surface area contributed by atoms with Crippen LogP contribution >= 0.6 is 0 Å². The third-order valence-electron chi connectivity index (χ3n) is 6.28. The van der Waals surface area contributed by atoms with Crippen LogP contribution in [0.5, 0.6) is 0 Å². The van der Waals surface area contributed by atoms with E-state index in [-0.39, 0.29) is 35.0 Å². The third-order valence-corrected chi connectivity index (χ3v) is 6.28. The van der Waals surface area contributed by atoms with Crippen LogP contribution in [-0.4, -0.2) is 51.7 Å². The van der Waals surface area contributed by atoms with Crippen molar-refractivity contribution in [1.29, 1.82) is 0 Å². The largest absolute Gasteiger partial charge is 0.392 e. The van der Waals surface area contributed by atoms with Crippen molar-refractivity contribution >= 4 is 11.8 Å². The Morgan fingerprint density at radius 1 is 1.41 bits per heavy atom. The fourth-order valence-corrected chi connectivity index (χ4v) is 4.88. The molecule has 2 amide bonds. The van der Waals surface area contributed by atoms with Crippen molar-refractivity contribution in [3.63, 3.8) is 0 Å². The van der Waals surface area contributed by atoms with Gasteiger partial charge in [-0.15, -0.1) is 0 Å². The normalized spacial score (nSPS) is 30.7. The lowest BCUT2D eigenvalue weighted by Crippen LogP contribution is -2.48. The second kappa shape index (κ2) is 8.00. The van der Waals surface area contributed by atoms with Crippen LogP contribution < -0.4 is 5.32 Å². The van der Waals surface area contributed by atoms with Gasteiger partial charge in [0, 0.05) is 37.4 Å². The molecular weight excluding hydrogens is 346 g/mol. The molecule has 27 heavy (non-hydrogen) atoms. The van der Waals surface area contributed by atoms with Gasteiger partial charge in [-0.05, 0) is 25.7 Å². The van der Waals surface area contributed by atoms with E-state index in [0.29, 0.717) is 18.7 Å². The lowest BCUT2D eigenvalue weighted by Gasteiger charge is -2.37. The van der Waals surface area contributed by atoms with E-state index in [9.17, 15) is 14.7 Å². The molecule has 0 spiro atoms. The predicted molar refractivity (Wildman–Crippen MR) is 100 cm³/mol. The van der Waals surface area contributed by atoms with Crippen LogP contribution in [0.4, 0.5) is 0 Å². The number of carbonyl (C=O) groups excluding carboxylic acids is 2. The van der Waals surface area contributed by atoms with Gasteiger partial charge >= 0.3 is 0 Å². The molecule has 4 atom stereocenters. The van der Waals surface area contributed by atoms with Crippen molar-refractivity contribution in [2.75, 3.05) is 6.54 Å². The highest BCUT2D eigenvalue weighted by molar-refractivity contribution is 5.92. The Hall–Kier alpha value is -1.89. The molecule has 2 fully saturated rings. The molecule has 1 aliphatic carbocycles. The SMILES string of the molecule is CCCc1cc(C(=O)NC[C@H]2C[C@@]3(C)[C@@H](O)CCCC[C@H]3N2C(C)=O)no1. The summed E-state index contributed by atoms with van der Waals surface area (Å²) in [4.78, 5) is 26.7. The molecule has 150 valence electrons. The van der Waals surface area contributed by atoms with E-state index in [1.54, 1.807) is 13.0 Å². The van der Waals surface area contributed by atoms with E-state index in [1.165, 1.54) is 0 Å². The monoisotopic (exact) mass is 377 g/mol. The number of aromatic nitrogens is 1. The molecule has 2 heterocycles. The molecule has 0 bridgehead atoms. The topological polar surface area (TPSA) is 95.7 Å². The molecule has 2 N–H and O–H groups in total. The number of aliphatic hydroxyl groups excluding tert-OH is 1. The van der Waals surface area contributed by atoms with E-state index in [0.717, 1.165) is 38.5 Å². The van der Waals surface area contributed by atoms with E-state index < -0.39 is 6.10 Å². The summed E-state index contributed by atoms with van der Waals surface area (Å²) < 4.78 is 5.17. The lowest BCUT2D eigenvalue weighted by atomic mass is 9.75. The Kier molecular flexibility index (Phi) is 5.89. The maximum atomic E-state index is 12.4. The molecule has 1 aromatic rings. The van der Waals surface area contributed by atoms with Gasteiger partial charge < -0.3 is 19.8 Å². The zero-order chi connectivity index (χ0) is 19.6. The molecular formula is C20H31N3O4. The van der Waals surface area contributed by atoms with Crippen LogP contribution in [0, 0.1) is 5.41 Å². The molecule has 0 aromatic carbocycles. The highest BCUT2D eigenvalue weighted by Gasteiger charge is 2.54. The van der Waals surface area contributed by atoms with Crippen molar-refractivity contribution < 1.29 is 19.2 Å². The number of fused-ring (bicyclic) bond motifs is 1. The summed E-state index contributed by atoms with van der Waals surface area (Å²) in [6.07, 6.45) is 5.63. The minimum Gasteiger partial charge on any atom is -0.392 e. The number of carbonyl (C=O) groups is 2. The molecule has 3 rings (SSSR count). The van der Waals surface area contributed by atoms with Gasteiger partial charge in [-0.2, -0.15) is 0 Å². The summed E-state index contributed by atoms with van der Waals surface area (Å²) in [5.41, 5.74) is -0.0500. The van der Waals surface area contributed by atoms with Crippen LogP contribution in [0.3, 0.4) is 0 Å². The highest BCUT2D eigenvalue weighted by atomic mass is 16.5. The van der Waals surface area contributed by atoms with Crippen LogP contribution in [-0.2, 0) is 11.2 Å². The van der Waals surface area contributed by atoms with Crippen LogP contribution in [0.15, 0.2) is 10.6 Å². The minimum absolute atomic E-state index is 0.00346. The number of rotatable bonds is 5. The lowest BCUT2D eigenvalue weighted by molar-refractivity contribution is -0.133. The average molecular weight is 377 g/mol. The van der Waals surface area contributed by atoms with Gasteiger partial charge in [0.05, 0.1) is 12.1 Å². The maximum absolute atomic E-state index is 12.4. The van der Waals surface area contributed by atoms with Gasteiger partial charge in [0.1, 0.15) is 5.76 Å². The number of nitrogens with zero attached hydrogens (tertiary/aromatic N) is 2. The Bertz CT molecular complexity index is 689. The van der Waals surface area contributed by atoms with Gasteiger partial charge in [-0.1, -0.05) is 31.8 Å². The first-order valence-electron chi connectivity index (χ1n) is 10.1. The first kappa shape index (κ1) is 19.9. The number of aryl methyl sites for hydroxylation is 1. The fraction of sp³-hybridized carbons (Fsp3) is 0.750. The first-order valence-corrected chi connectivity index (χ1v) is 10.1. The molecule has 0 radical (unpaired) electrons. The second-order valence-corrected chi connectivity index (χ2v) is 8.24. The summed E-state index contributed by atoms with van der Waals surface area (Å²) in [7, 11) is 0. The van der Waals surface area contributed by atoms with Crippen LogP contribution in [0.1, 0.15) is 75.5 Å². The standard InChI is InChI=1S/C20H31N3O4/c1-4-7-15-10-16(22-27-15)19(26)21-12-14-11-20(3)17(23(14)13(2)24)8-5-6-9-18(20)25/h10,14,17-18,25H,4-9,11-12H2,1-3H3,(H,21,26)/t14-,17-,18+,20-/m1/s1. The molecule has 1 aliphatic heterocycles. The Labute approximate surface area is 160 Å². The summed E-state index contributed by atoms with van der Waals surface area (Å²) in [5, 5.41) is 17.4. The molecule has 7 nitrogen and oxygen atoms in total. The van der Waals surface area contributed by atoms with Crippen molar-refractivity contribution in [3.05, 3.63) is 17.5 Å². The molecule has 7 heteroatoms. The summed E-state index contributed by atoms with van der Waals surface area (Å²) in [6.45, 7) is 6.05. The van der Waals surface area contributed by atoms with E-state index in [4.69, 9.17) is 4.52 Å². The summed E-state index contributed by atoms with van der Waals surface area (Å²) in [6, 6.07) is 1.58. The summed E-state index contributed by atoms with van der Waals surface area (Å²) >= 11 is 0. The van der Waals surface area contributed by atoms with Crippen LogP contribution in [0.25, 0.3) is 0 Å². The van der Waals surface area contributed by atoms with E-state index in [2.05, 4.69) is 17.4 Å². The molecule has 1 saturated heterocycles. The number of nitrogens with one attached hydrogen (secondary N) is 1. The molecule has 1 saturated carbocycles. The average Bonchev–Trinajstić information content (AvgIpc) is 3.16. The maximum Gasteiger partial charge on any atom is 0.273 e. The zero-order valence-corrected chi connectivity index (χ0v) is 16.5. The number of aliphatic hydroxyl groups is 1. The summed E-state index contributed by atoms with van der Waals surface area (Å²) in [5.74, 6) is 0.415. The number of hydrogen-bond acceptors (Lipinski definition) is 5. The zero-order valence-electron chi connectivity index (χ0n) is 16.5. The molecule has 2 aliphatic rings. The van der Waals surface area contributed by atoms with Gasteiger partial charge in [-0.25, -0.2) is 0 Å². The van der Waals surface area contributed by atoms with Crippen LogP contribution in [0.2, 0.25) is 0 Å². The fourth-order valence-electron chi connectivity index (χ4n) is 4.88. The smallest absolute Gasteiger partial charge is 0.273 e. The van der Waals surface area contributed by atoms with E-state index in [1.807, 2.05) is 11.8 Å². The second-order valence-electron chi connectivity index (χ2n) is 8.24. The van der Waals surface area contributed by atoms with Crippen molar-refractivity contribution in [2.24, 2.45) is 5.41 Å². The molecule has 1 aromatic heterocycles. The van der Waals surface area contributed by atoms with Crippen molar-refractivity contribution in [1.82, 2.24) is 15.4 Å². The Balaban J connectivity index is 1.69. The van der Waals surface area contributed by atoms with Gasteiger partial charge in [0.25, 0.3) is 5.91 Å². The number of amides is 2. The Morgan fingerprint density at radius 3 is 2.85 bits per heavy atom. The van der Waals surface area contributed by atoms with Gasteiger partial charge in [-0.3, -0.25) is 9.59 Å². The predicted octanol–water partition coefficient (Wildman–Crippen LogP) is 2.29.